The van der Waals surface area contributed by atoms with Crippen molar-refractivity contribution in [3.63, 3.8) is 0 Å². The summed E-state index contributed by atoms with van der Waals surface area (Å²) < 4.78 is 5.33. The van der Waals surface area contributed by atoms with Gasteiger partial charge in [0.15, 0.2) is 0 Å². The summed E-state index contributed by atoms with van der Waals surface area (Å²) in [5, 5.41) is 12.7. The van der Waals surface area contributed by atoms with Crippen LogP contribution in [0, 0.1) is 5.92 Å². The minimum Gasteiger partial charge on any atom is -0.389 e. The number of hydrogen-bond acceptors (Lipinski definition) is 3. The second kappa shape index (κ2) is 6.61. The van der Waals surface area contributed by atoms with Gasteiger partial charge in [0.25, 0.3) is 5.91 Å². The van der Waals surface area contributed by atoms with E-state index in [0.717, 1.165) is 0 Å². The lowest BCUT2D eigenvalue weighted by atomic mass is 10.3. The first kappa shape index (κ1) is 14.7. The molecule has 106 valence electrons. The van der Waals surface area contributed by atoms with E-state index in [2.05, 4.69) is 10.3 Å². The van der Waals surface area contributed by atoms with E-state index in [1.165, 1.54) is 18.9 Å². The van der Waals surface area contributed by atoms with Crippen LogP contribution in [-0.4, -0.2) is 41.9 Å². The maximum absolute atomic E-state index is 11.7. The molecule has 1 aromatic rings. The Kier molecular flexibility index (Phi) is 5.10. The Labute approximate surface area is 121 Å². The summed E-state index contributed by atoms with van der Waals surface area (Å²) in [6, 6.07) is 1.44. The molecule has 0 bridgehead atoms. The highest BCUT2D eigenvalue weighted by molar-refractivity contribution is 6.41. The van der Waals surface area contributed by atoms with Gasteiger partial charge in [-0.3, -0.25) is 4.79 Å². The largest absolute Gasteiger partial charge is 0.389 e. The molecule has 1 amide bonds. The first-order chi connectivity index (χ1) is 9.06. The molecule has 5 nitrogen and oxygen atoms in total. The van der Waals surface area contributed by atoms with Gasteiger partial charge < -0.3 is 20.1 Å². The summed E-state index contributed by atoms with van der Waals surface area (Å²) in [4.78, 5) is 14.3. The number of aromatic nitrogens is 1. The first-order valence-corrected chi connectivity index (χ1v) is 6.90. The molecule has 0 saturated heterocycles. The van der Waals surface area contributed by atoms with E-state index in [0.29, 0.717) is 17.5 Å². The molecule has 2 rings (SSSR count). The maximum atomic E-state index is 11.7. The minimum absolute atomic E-state index is 0.123. The number of ether oxygens (including phenoxy) is 1. The molecule has 1 atom stereocenters. The zero-order chi connectivity index (χ0) is 13.8. The number of aliphatic hydroxyl groups excluding tert-OH is 1. The van der Waals surface area contributed by atoms with E-state index in [1.807, 2.05) is 0 Å². The normalized spacial score (nSPS) is 16.4. The number of rotatable bonds is 7. The molecule has 1 unspecified atom stereocenters. The average molecular weight is 307 g/mol. The van der Waals surface area contributed by atoms with Gasteiger partial charge in [-0.25, -0.2) is 0 Å². The van der Waals surface area contributed by atoms with Gasteiger partial charge in [-0.1, -0.05) is 23.2 Å². The quantitative estimate of drug-likeness (QED) is 0.719. The van der Waals surface area contributed by atoms with E-state index >= 15 is 0 Å². The van der Waals surface area contributed by atoms with E-state index in [9.17, 15) is 9.90 Å². The van der Waals surface area contributed by atoms with Crippen molar-refractivity contribution in [1.29, 1.82) is 0 Å². The molecule has 3 N–H and O–H groups in total. The SMILES string of the molecule is O=C(NCC(O)COCC1CC1)c1cc(Cl)c(Cl)[nH]1. The lowest BCUT2D eigenvalue weighted by Gasteiger charge is -2.11. The summed E-state index contributed by atoms with van der Waals surface area (Å²) in [5.41, 5.74) is 0.265. The highest BCUT2D eigenvalue weighted by Gasteiger charge is 2.21. The molecule has 1 aliphatic carbocycles. The molecular formula is C12H16Cl2N2O3. The van der Waals surface area contributed by atoms with Crippen molar-refractivity contribution in [2.45, 2.75) is 18.9 Å². The maximum Gasteiger partial charge on any atom is 0.267 e. The summed E-state index contributed by atoms with van der Waals surface area (Å²) >= 11 is 11.4. The Hall–Kier alpha value is -0.750. The minimum atomic E-state index is -0.719. The van der Waals surface area contributed by atoms with Crippen LogP contribution >= 0.6 is 23.2 Å². The summed E-state index contributed by atoms with van der Waals surface area (Å²) in [7, 11) is 0. The topological polar surface area (TPSA) is 74.3 Å². The molecule has 1 aromatic heterocycles. The third-order valence-corrected chi connectivity index (χ3v) is 3.52. The van der Waals surface area contributed by atoms with Crippen LogP contribution < -0.4 is 5.32 Å². The number of nitrogens with one attached hydrogen (secondary N) is 2. The predicted octanol–water partition coefficient (Wildman–Crippen LogP) is 1.84. The zero-order valence-corrected chi connectivity index (χ0v) is 11.8. The average Bonchev–Trinajstić information content (AvgIpc) is 3.13. The van der Waals surface area contributed by atoms with Crippen molar-refractivity contribution in [2.75, 3.05) is 19.8 Å². The van der Waals surface area contributed by atoms with Crippen molar-refractivity contribution >= 4 is 29.1 Å². The number of aliphatic hydroxyl groups is 1. The van der Waals surface area contributed by atoms with Gasteiger partial charge in [0.1, 0.15) is 10.8 Å². The van der Waals surface area contributed by atoms with E-state index in [1.54, 1.807) is 0 Å². The van der Waals surface area contributed by atoms with Crippen molar-refractivity contribution in [2.24, 2.45) is 5.92 Å². The van der Waals surface area contributed by atoms with Gasteiger partial charge in [0, 0.05) is 13.2 Å². The van der Waals surface area contributed by atoms with Gasteiger partial charge in [0.05, 0.1) is 17.7 Å². The third-order valence-electron chi connectivity index (χ3n) is 2.83. The number of aromatic amines is 1. The van der Waals surface area contributed by atoms with E-state index < -0.39 is 6.10 Å². The van der Waals surface area contributed by atoms with Crippen LogP contribution in [0.3, 0.4) is 0 Å². The van der Waals surface area contributed by atoms with Gasteiger partial charge in [0.2, 0.25) is 0 Å². The Morgan fingerprint density at radius 1 is 1.58 bits per heavy atom. The lowest BCUT2D eigenvalue weighted by Crippen LogP contribution is -2.34. The van der Waals surface area contributed by atoms with Gasteiger partial charge in [-0.15, -0.1) is 0 Å². The number of halogens is 2. The molecule has 1 aliphatic rings. The van der Waals surface area contributed by atoms with Crippen LogP contribution in [0.4, 0.5) is 0 Å². The Morgan fingerprint density at radius 3 is 2.89 bits per heavy atom. The van der Waals surface area contributed by atoms with Gasteiger partial charge in [-0.2, -0.15) is 0 Å². The standard InChI is InChI=1S/C12H16Cl2N2O3/c13-9-3-10(16-11(9)14)12(18)15-4-8(17)6-19-5-7-1-2-7/h3,7-8,16-17H,1-2,4-6H2,(H,15,18). The smallest absolute Gasteiger partial charge is 0.267 e. The number of carbonyl (C=O) groups excluding carboxylic acids is 1. The van der Waals surface area contributed by atoms with Crippen molar-refractivity contribution < 1.29 is 14.6 Å². The monoisotopic (exact) mass is 306 g/mol. The molecule has 0 radical (unpaired) electrons. The molecule has 1 heterocycles. The van der Waals surface area contributed by atoms with Crippen LogP contribution in [-0.2, 0) is 4.74 Å². The molecule has 0 spiro atoms. The number of hydrogen-bond donors (Lipinski definition) is 3. The van der Waals surface area contributed by atoms with Gasteiger partial charge >= 0.3 is 0 Å². The van der Waals surface area contributed by atoms with Crippen LogP contribution in [0.2, 0.25) is 10.2 Å². The second-order valence-electron chi connectivity index (χ2n) is 4.69. The Bertz CT molecular complexity index is 427. The van der Waals surface area contributed by atoms with Crippen molar-refractivity contribution in [3.8, 4) is 0 Å². The third kappa shape index (κ3) is 4.69. The second-order valence-corrected chi connectivity index (χ2v) is 5.47. The summed E-state index contributed by atoms with van der Waals surface area (Å²) in [5.74, 6) is 0.292. The Balaban J connectivity index is 1.67. The van der Waals surface area contributed by atoms with Crippen LogP contribution in [0.1, 0.15) is 23.3 Å². The van der Waals surface area contributed by atoms with Crippen molar-refractivity contribution in [3.05, 3.63) is 21.9 Å². The molecule has 1 saturated carbocycles. The summed E-state index contributed by atoms with van der Waals surface area (Å²) in [6.45, 7) is 1.04. The molecular weight excluding hydrogens is 291 g/mol. The fourth-order valence-electron chi connectivity index (χ4n) is 1.55. The predicted molar refractivity (Wildman–Crippen MR) is 72.7 cm³/mol. The molecule has 19 heavy (non-hydrogen) atoms. The summed E-state index contributed by atoms with van der Waals surface area (Å²) in [6.07, 6.45) is 1.70. The fraction of sp³-hybridized carbons (Fsp3) is 0.583. The van der Waals surface area contributed by atoms with Crippen LogP contribution in [0.25, 0.3) is 0 Å². The van der Waals surface area contributed by atoms with Crippen LogP contribution in [0.5, 0.6) is 0 Å². The molecule has 0 aromatic carbocycles. The van der Waals surface area contributed by atoms with Crippen molar-refractivity contribution in [1.82, 2.24) is 10.3 Å². The van der Waals surface area contributed by atoms with Gasteiger partial charge in [-0.05, 0) is 24.8 Å². The highest BCUT2D eigenvalue weighted by Crippen LogP contribution is 2.28. The number of carbonyl (C=O) groups is 1. The van der Waals surface area contributed by atoms with E-state index in [-0.39, 0.29) is 29.9 Å². The fourth-order valence-corrected chi connectivity index (χ4v) is 1.86. The number of H-pyrrole nitrogens is 1. The number of amides is 1. The molecule has 7 heteroatoms. The van der Waals surface area contributed by atoms with Crippen LogP contribution in [0.15, 0.2) is 6.07 Å². The molecule has 1 fully saturated rings. The zero-order valence-electron chi connectivity index (χ0n) is 10.3. The molecule has 0 aliphatic heterocycles. The highest BCUT2D eigenvalue weighted by atomic mass is 35.5. The Morgan fingerprint density at radius 2 is 2.32 bits per heavy atom. The van der Waals surface area contributed by atoms with E-state index in [4.69, 9.17) is 27.9 Å². The lowest BCUT2D eigenvalue weighted by molar-refractivity contribution is 0.0320. The first-order valence-electron chi connectivity index (χ1n) is 6.14.